The Morgan fingerprint density at radius 3 is 2.23 bits per heavy atom. The minimum absolute atomic E-state index is 0.132. The van der Waals surface area contributed by atoms with Crippen LogP contribution in [0.15, 0.2) is 71.6 Å². The summed E-state index contributed by atoms with van der Waals surface area (Å²) in [5, 5.41) is 4.87. The summed E-state index contributed by atoms with van der Waals surface area (Å²) in [7, 11) is -3.57. The van der Waals surface area contributed by atoms with Gasteiger partial charge in [-0.2, -0.15) is 0 Å². The molecule has 0 aliphatic carbocycles. The fourth-order valence-corrected chi connectivity index (χ4v) is 3.94. The Bertz CT molecular complexity index is 1040. The lowest BCUT2D eigenvalue weighted by Crippen LogP contribution is -2.30. The van der Waals surface area contributed by atoms with E-state index in [0.717, 1.165) is 10.8 Å². The summed E-state index contributed by atoms with van der Waals surface area (Å²) < 4.78 is 26.8. The summed E-state index contributed by atoms with van der Waals surface area (Å²) in [4.78, 5) is 12.7. The number of carbonyl (C=O) groups excluding carboxylic acids is 1. The Hall–Kier alpha value is -2.70. The molecule has 0 bridgehead atoms. The quantitative estimate of drug-likeness (QED) is 0.720. The number of sulfonamides is 1. The molecule has 1 amide bonds. The first-order valence-electron chi connectivity index (χ1n) is 8.28. The summed E-state index contributed by atoms with van der Waals surface area (Å²) in [5.74, 6) is -0.290. The van der Waals surface area contributed by atoms with Gasteiger partial charge in [0.2, 0.25) is 10.0 Å². The maximum atomic E-state index is 12.5. The van der Waals surface area contributed by atoms with Gasteiger partial charge in [-0.1, -0.05) is 36.4 Å². The molecule has 134 valence electrons. The number of fused-ring (bicyclic) bond motifs is 1. The first kappa shape index (κ1) is 18.1. The molecule has 0 atom stereocenters. The molecular formula is C20H20N2O3S. The van der Waals surface area contributed by atoms with Crippen molar-refractivity contribution in [2.75, 3.05) is 5.32 Å². The van der Waals surface area contributed by atoms with Gasteiger partial charge in [-0.05, 0) is 49.6 Å². The van der Waals surface area contributed by atoms with Crippen molar-refractivity contribution in [2.45, 2.75) is 24.8 Å². The van der Waals surface area contributed by atoms with Gasteiger partial charge in [-0.15, -0.1) is 0 Å². The van der Waals surface area contributed by atoms with Crippen molar-refractivity contribution in [3.8, 4) is 0 Å². The molecule has 5 nitrogen and oxygen atoms in total. The number of nitrogens with one attached hydrogen (secondary N) is 2. The second kappa shape index (κ2) is 7.27. The maximum Gasteiger partial charge on any atom is 0.255 e. The number of rotatable bonds is 5. The van der Waals surface area contributed by atoms with Crippen LogP contribution in [-0.2, 0) is 10.0 Å². The third-order valence-corrected chi connectivity index (χ3v) is 5.53. The first-order valence-corrected chi connectivity index (χ1v) is 9.76. The molecule has 3 aromatic carbocycles. The predicted molar refractivity (Wildman–Crippen MR) is 104 cm³/mol. The van der Waals surface area contributed by atoms with Crippen LogP contribution in [0.1, 0.15) is 24.2 Å². The molecule has 3 rings (SSSR count). The van der Waals surface area contributed by atoms with Gasteiger partial charge in [0.25, 0.3) is 5.91 Å². The predicted octanol–water partition coefficient (Wildman–Crippen LogP) is 3.78. The largest absolute Gasteiger partial charge is 0.321 e. The standard InChI is InChI=1S/C20H20N2O3S/c1-14(2)22-26(24,25)17-12-10-16(11-13-17)20(23)21-19-9-5-7-15-6-3-4-8-18(15)19/h3-14,22H,1-2H3,(H,21,23). The van der Waals surface area contributed by atoms with Gasteiger partial charge < -0.3 is 5.32 Å². The molecule has 0 aromatic heterocycles. The zero-order valence-electron chi connectivity index (χ0n) is 14.6. The van der Waals surface area contributed by atoms with Crippen LogP contribution < -0.4 is 10.0 Å². The summed E-state index contributed by atoms with van der Waals surface area (Å²) in [6.07, 6.45) is 0. The van der Waals surface area contributed by atoms with E-state index in [2.05, 4.69) is 10.0 Å². The number of anilines is 1. The van der Waals surface area contributed by atoms with Crippen LogP contribution in [0.4, 0.5) is 5.69 Å². The fourth-order valence-electron chi connectivity index (χ4n) is 2.69. The van der Waals surface area contributed by atoms with E-state index in [1.807, 2.05) is 42.5 Å². The van der Waals surface area contributed by atoms with Gasteiger partial charge in [0.15, 0.2) is 0 Å². The molecular weight excluding hydrogens is 348 g/mol. The Labute approximate surface area is 153 Å². The van der Waals surface area contributed by atoms with E-state index in [4.69, 9.17) is 0 Å². The topological polar surface area (TPSA) is 75.3 Å². The highest BCUT2D eigenvalue weighted by Gasteiger charge is 2.16. The molecule has 2 N–H and O–H groups in total. The molecule has 0 saturated heterocycles. The minimum atomic E-state index is -3.57. The van der Waals surface area contributed by atoms with Crippen LogP contribution in [0.2, 0.25) is 0 Å². The SMILES string of the molecule is CC(C)NS(=O)(=O)c1ccc(C(=O)Nc2cccc3ccccc23)cc1. The Balaban J connectivity index is 1.82. The summed E-state index contributed by atoms with van der Waals surface area (Å²) >= 11 is 0. The van der Waals surface area contributed by atoms with E-state index in [-0.39, 0.29) is 16.8 Å². The Kier molecular flexibility index (Phi) is 5.06. The molecule has 0 aliphatic heterocycles. The summed E-state index contributed by atoms with van der Waals surface area (Å²) in [6.45, 7) is 3.51. The van der Waals surface area contributed by atoms with E-state index >= 15 is 0 Å². The molecule has 0 radical (unpaired) electrons. The number of benzene rings is 3. The Morgan fingerprint density at radius 2 is 1.54 bits per heavy atom. The van der Waals surface area contributed by atoms with Crippen LogP contribution in [0.5, 0.6) is 0 Å². The zero-order chi connectivity index (χ0) is 18.7. The average molecular weight is 368 g/mol. The third-order valence-electron chi connectivity index (χ3n) is 3.86. The zero-order valence-corrected chi connectivity index (χ0v) is 15.4. The summed E-state index contributed by atoms with van der Waals surface area (Å²) in [6, 6.07) is 19.2. The van der Waals surface area contributed by atoms with Crippen LogP contribution in [-0.4, -0.2) is 20.4 Å². The number of carbonyl (C=O) groups is 1. The van der Waals surface area contributed by atoms with E-state index in [0.29, 0.717) is 11.3 Å². The van der Waals surface area contributed by atoms with Crippen molar-refractivity contribution in [1.82, 2.24) is 4.72 Å². The molecule has 0 aliphatic rings. The van der Waals surface area contributed by atoms with E-state index in [1.54, 1.807) is 13.8 Å². The van der Waals surface area contributed by atoms with Crippen molar-refractivity contribution in [2.24, 2.45) is 0 Å². The lowest BCUT2D eigenvalue weighted by Gasteiger charge is -2.11. The van der Waals surface area contributed by atoms with E-state index in [1.165, 1.54) is 24.3 Å². The average Bonchev–Trinajstić information content (AvgIpc) is 2.61. The van der Waals surface area contributed by atoms with Gasteiger partial charge in [0, 0.05) is 22.7 Å². The fraction of sp³-hybridized carbons (Fsp3) is 0.150. The maximum absolute atomic E-state index is 12.5. The van der Waals surface area contributed by atoms with Gasteiger partial charge >= 0.3 is 0 Å². The van der Waals surface area contributed by atoms with Crippen molar-refractivity contribution in [3.05, 3.63) is 72.3 Å². The minimum Gasteiger partial charge on any atom is -0.321 e. The van der Waals surface area contributed by atoms with Crippen molar-refractivity contribution < 1.29 is 13.2 Å². The van der Waals surface area contributed by atoms with Crippen LogP contribution in [0, 0.1) is 0 Å². The van der Waals surface area contributed by atoms with E-state index < -0.39 is 10.0 Å². The van der Waals surface area contributed by atoms with Gasteiger partial charge in [0.05, 0.1) is 4.90 Å². The third kappa shape index (κ3) is 3.92. The monoisotopic (exact) mass is 368 g/mol. The molecule has 6 heteroatoms. The highest BCUT2D eigenvalue weighted by molar-refractivity contribution is 7.89. The molecule has 26 heavy (non-hydrogen) atoms. The second-order valence-corrected chi connectivity index (χ2v) is 8.00. The molecule has 3 aromatic rings. The highest BCUT2D eigenvalue weighted by atomic mass is 32.2. The van der Waals surface area contributed by atoms with Crippen LogP contribution >= 0.6 is 0 Å². The Morgan fingerprint density at radius 1 is 0.885 bits per heavy atom. The molecule has 0 spiro atoms. The van der Waals surface area contributed by atoms with E-state index in [9.17, 15) is 13.2 Å². The van der Waals surface area contributed by atoms with Gasteiger partial charge in [-0.25, -0.2) is 13.1 Å². The van der Waals surface area contributed by atoms with Crippen molar-refractivity contribution in [3.63, 3.8) is 0 Å². The summed E-state index contributed by atoms with van der Waals surface area (Å²) in [5.41, 5.74) is 1.10. The molecule has 0 heterocycles. The lowest BCUT2D eigenvalue weighted by molar-refractivity contribution is 0.102. The molecule has 0 saturated carbocycles. The smallest absolute Gasteiger partial charge is 0.255 e. The second-order valence-electron chi connectivity index (χ2n) is 6.28. The number of hydrogen-bond acceptors (Lipinski definition) is 3. The van der Waals surface area contributed by atoms with Crippen molar-refractivity contribution in [1.29, 1.82) is 0 Å². The van der Waals surface area contributed by atoms with Crippen LogP contribution in [0.25, 0.3) is 10.8 Å². The van der Waals surface area contributed by atoms with Gasteiger partial charge in [-0.3, -0.25) is 4.79 Å². The van der Waals surface area contributed by atoms with Gasteiger partial charge in [0.1, 0.15) is 0 Å². The number of hydrogen-bond donors (Lipinski definition) is 2. The molecule has 0 fully saturated rings. The first-order chi connectivity index (χ1) is 12.4. The lowest BCUT2D eigenvalue weighted by atomic mass is 10.1. The number of amides is 1. The normalized spacial score (nSPS) is 11.7. The van der Waals surface area contributed by atoms with Crippen LogP contribution in [0.3, 0.4) is 0 Å². The molecule has 0 unspecified atom stereocenters. The highest BCUT2D eigenvalue weighted by Crippen LogP contribution is 2.23. The van der Waals surface area contributed by atoms with Crippen molar-refractivity contribution >= 4 is 32.4 Å².